The third-order valence-corrected chi connectivity index (χ3v) is 4.27. The molecule has 0 aromatic heterocycles. The van der Waals surface area contributed by atoms with Crippen molar-refractivity contribution in [2.24, 2.45) is 0 Å². The maximum Gasteiger partial charge on any atom is 0.251 e. The van der Waals surface area contributed by atoms with Crippen LogP contribution in [-0.4, -0.2) is 37.2 Å². The molecule has 1 aromatic carbocycles. The van der Waals surface area contributed by atoms with E-state index in [2.05, 4.69) is 31.4 Å². The minimum Gasteiger partial charge on any atom is -0.375 e. The molecule has 0 aliphatic heterocycles. The SMILES string of the molecule is CCc1ccc(C(=O)NC(C)(C)CCOC(C)(C)CCNC)cc1. The topological polar surface area (TPSA) is 50.4 Å². The van der Waals surface area contributed by atoms with Gasteiger partial charge in [-0.2, -0.15) is 0 Å². The molecule has 0 saturated heterocycles. The molecule has 24 heavy (non-hydrogen) atoms. The summed E-state index contributed by atoms with van der Waals surface area (Å²) in [6.07, 6.45) is 2.71. The van der Waals surface area contributed by atoms with Crippen LogP contribution in [0.25, 0.3) is 0 Å². The summed E-state index contributed by atoms with van der Waals surface area (Å²) in [6.45, 7) is 11.9. The summed E-state index contributed by atoms with van der Waals surface area (Å²) >= 11 is 0. The summed E-state index contributed by atoms with van der Waals surface area (Å²) in [6, 6.07) is 7.80. The van der Waals surface area contributed by atoms with Crippen LogP contribution in [0, 0.1) is 0 Å². The first kappa shape index (κ1) is 20.7. The maximum absolute atomic E-state index is 12.4. The van der Waals surface area contributed by atoms with E-state index in [1.807, 2.05) is 45.2 Å². The molecule has 0 aliphatic rings. The Morgan fingerprint density at radius 3 is 2.25 bits per heavy atom. The Hall–Kier alpha value is -1.39. The fourth-order valence-corrected chi connectivity index (χ4v) is 2.41. The first-order valence-corrected chi connectivity index (χ1v) is 8.89. The molecule has 0 spiro atoms. The van der Waals surface area contributed by atoms with Gasteiger partial charge in [0.15, 0.2) is 0 Å². The van der Waals surface area contributed by atoms with Gasteiger partial charge in [-0.25, -0.2) is 0 Å². The van der Waals surface area contributed by atoms with Crippen molar-refractivity contribution in [2.75, 3.05) is 20.2 Å². The molecule has 0 unspecified atom stereocenters. The number of ether oxygens (including phenoxy) is 1. The summed E-state index contributed by atoms with van der Waals surface area (Å²) in [5.41, 5.74) is 1.48. The van der Waals surface area contributed by atoms with Crippen LogP contribution in [0.15, 0.2) is 24.3 Å². The van der Waals surface area contributed by atoms with Gasteiger partial charge >= 0.3 is 0 Å². The van der Waals surface area contributed by atoms with Crippen molar-refractivity contribution >= 4 is 5.91 Å². The number of aryl methyl sites for hydroxylation is 1. The molecule has 0 saturated carbocycles. The lowest BCUT2D eigenvalue weighted by Gasteiger charge is -2.30. The highest BCUT2D eigenvalue weighted by Crippen LogP contribution is 2.17. The van der Waals surface area contributed by atoms with Gasteiger partial charge in [-0.15, -0.1) is 0 Å². The van der Waals surface area contributed by atoms with E-state index in [4.69, 9.17) is 4.74 Å². The van der Waals surface area contributed by atoms with Crippen molar-refractivity contribution in [3.63, 3.8) is 0 Å². The number of carbonyl (C=O) groups excluding carboxylic acids is 1. The summed E-state index contributed by atoms with van der Waals surface area (Å²) in [5, 5.41) is 6.25. The lowest BCUT2D eigenvalue weighted by Crippen LogP contribution is -2.44. The van der Waals surface area contributed by atoms with E-state index < -0.39 is 0 Å². The molecule has 4 heteroatoms. The fraction of sp³-hybridized carbons (Fsp3) is 0.650. The second kappa shape index (κ2) is 9.19. The van der Waals surface area contributed by atoms with Crippen molar-refractivity contribution in [3.8, 4) is 0 Å². The Kier molecular flexibility index (Phi) is 7.91. The molecule has 1 rings (SSSR count). The van der Waals surface area contributed by atoms with Crippen LogP contribution in [0.3, 0.4) is 0 Å². The third kappa shape index (κ3) is 7.45. The van der Waals surface area contributed by atoms with Crippen molar-refractivity contribution in [3.05, 3.63) is 35.4 Å². The number of rotatable bonds is 10. The van der Waals surface area contributed by atoms with Crippen LogP contribution in [0.5, 0.6) is 0 Å². The normalized spacial score (nSPS) is 12.2. The highest BCUT2D eigenvalue weighted by atomic mass is 16.5. The fourth-order valence-electron chi connectivity index (χ4n) is 2.41. The van der Waals surface area contributed by atoms with Gasteiger partial charge in [-0.1, -0.05) is 19.1 Å². The monoisotopic (exact) mass is 334 g/mol. The van der Waals surface area contributed by atoms with Gasteiger partial charge in [0.05, 0.1) is 5.60 Å². The number of amides is 1. The molecule has 136 valence electrons. The number of hydrogen-bond acceptors (Lipinski definition) is 3. The van der Waals surface area contributed by atoms with Crippen molar-refractivity contribution in [2.45, 2.75) is 65.0 Å². The molecule has 1 amide bonds. The summed E-state index contributed by atoms with van der Waals surface area (Å²) < 4.78 is 5.99. The smallest absolute Gasteiger partial charge is 0.251 e. The zero-order valence-corrected chi connectivity index (χ0v) is 16.2. The quantitative estimate of drug-likeness (QED) is 0.688. The largest absolute Gasteiger partial charge is 0.375 e. The zero-order chi connectivity index (χ0) is 18.2. The van der Waals surface area contributed by atoms with E-state index in [1.165, 1.54) is 5.56 Å². The van der Waals surface area contributed by atoms with Crippen LogP contribution in [0.4, 0.5) is 0 Å². The van der Waals surface area contributed by atoms with Gasteiger partial charge < -0.3 is 15.4 Å². The second-order valence-corrected chi connectivity index (χ2v) is 7.60. The average Bonchev–Trinajstić information content (AvgIpc) is 2.52. The van der Waals surface area contributed by atoms with E-state index in [0.29, 0.717) is 12.2 Å². The van der Waals surface area contributed by atoms with E-state index in [1.54, 1.807) is 0 Å². The van der Waals surface area contributed by atoms with E-state index >= 15 is 0 Å². The van der Waals surface area contributed by atoms with Gasteiger partial charge in [0.1, 0.15) is 0 Å². The van der Waals surface area contributed by atoms with Crippen LogP contribution < -0.4 is 10.6 Å². The average molecular weight is 335 g/mol. The highest BCUT2D eigenvalue weighted by Gasteiger charge is 2.23. The Morgan fingerprint density at radius 1 is 1.08 bits per heavy atom. The summed E-state index contributed by atoms with van der Waals surface area (Å²) in [5.74, 6) is -0.0305. The Morgan fingerprint density at radius 2 is 1.71 bits per heavy atom. The predicted molar refractivity (Wildman–Crippen MR) is 101 cm³/mol. The molecule has 2 N–H and O–H groups in total. The minimum absolute atomic E-state index is 0.0305. The standard InChI is InChI=1S/C20H34N2O2/c1-7-16-8-10-17(11-9-16)18(23)22-19(2,3)13-15-24-20(4,5)12-14-21-6/h8-11,21H,7,12-15H2,1-6H3,(H,22,23). The molecule has 1 aromatic rings. The van der Waals surface area contributed by atoms with Gasteiger partial charge in [-0.3, -0.25) is 4.79 Å². The van der Waals surface area contributed by atoms with E-state index in [0.717, 1.165) is 25.8 Å². The lowest BCUT2D eigenvalue weighted by atomic mass is 9.99. The third-order valence-electron chi connectivity index (χ3n) is 4.27. The van der Waals surface area contributed by atoms with Crippen LogP contribution in [0.1, 0.15) is 63.4 Å². The van der Waals surface area contributed by atoms with Gasteiger partial charge in [0.2, 0.25) is 0 Å². The summed E-state index contributed by atoms with van der Waals surface area (Å²) in [7, 11) is 1.95. The highest BCUT2D eigenvalue weighted by molar-refractivity contribution is 5.94. The number of nitrogens with one attached hydrogen (secondary N) is 2. The molecule has 0 heterocycles. The Balaban J connectivity index is 2.48. The van der Waals surface area contributed by atoms with Crippen LogP contribution in [-0.2, 0) is 11.2 Å². The zero-order valence-electron chi connectivity index (χ0n) is 16.2. The summed E-state index contributed by atoms with van der Waals surface area (Å²) in [4.78, 5) is 12.4. The lowest BCUT2D eigenvalue weighted by molar-refractivity contribution is -0.0297. The predicted octanol–water partition coefficient (Wildman–Crippen LogP) is 3.55. The van der Waals surface area contributed by atoms with E-state index in [9.17, 15) is 4.79 Å². The Bertz CT molecular complexity index is 507. The van der Waals surface area contributed by atoms with Gasteiger partial charge in [0.25, 0.3) is 5.91 Å². The van der Waals surface area contributed by atoms with Gasteiger partial charge in [0, 0.05) is 17.7 Å². The van der Waals surface area contributed by atoms with Crippen LogP contribution >= 0.6 is 0 Å². The molecule has 4 nitrogen and oxygen atoms in total. The van der Waals surface area contributed by atoms with Crippen molar-refractivity contribution in [1.82, 2.24) is 10.6 Å². The molecule has 0 fully saturated rings. The first-order valence-electron chi connectivity index (χ1n) is 8.89. The molecule has 0 radical (unpaired) electrons. The van der Waals surface area contributed by atoms with Crippen molar-refractivity contribution < 1.29 is 9.53 Å². The minimum atomic E-state index is -0.306. The second-order valence-electron chi connectivity index (χ2n) is 7.60. The molecule has 0 atom stereocenters. The Labute approximate surface area is 147 Å². The molecule has 0 aliphatic carbocycles. The van der Waals surface area contributed by atoms with Crippen LogP contribution in [0.2, 0.25) is 0 Å². The molecular weight excluding hydrogens is 300 g/mol. The maximum atomic E-state index is 12.4. The first-order chi connectivity index (χ1) is 11.2. The van der Waals surface area contributed by atoms with E-state index in [-0.39, 0.29) is 17.0 Å². The number of carbonyl (C=O) groups is 1. The molecule has 0 bridgehead atoms. The molecular formula is C20H34N2O2. The van der Waals surface area contributed by atoms with Gasteiger partial charge in [-0.05, 0) is 78.2 Å². The number of benzene rings is 1. The van der Waals surface area contributed by atoms with Crippen molar-refractivity contribution in [1.29, 1.82) is 0 Å². The number of hydrogen-bond donors (Lipinski definition) is 2.